The minimum Gasteiger partial charge on any atom is -0.333 e. The second-order valence-electron chi connectivity index (χ2n) is 7.65. The van der Waals surface area contributed by atoms with E-state index in [-0.39, 0.29) is 35.5 Å². The molecule has 0 bridgehead atoms. The summed E-state index contributed by atoms with van der Waals surface area (Å²) in [5.41, 5.74) is 2.12. The Kier molecular flexibility index (Phi) is 6.75. The lowest BCUT2D eigenvalue weighted by atomic mass is 9.98. The van der Waals surface area contributed by atoms with Crippen molar-refractivity contribution in [1.29, 1.82) is 0 Å². The molecule has 26 heavy (non-hydrogen) atoms. The summed E-state index contributed by atoms with van der Waals surface area (Å²) in [6.07, 6.45) is 4.30. The van der Waals surface area contributed by atoms with Crippen LogP contribution >= 0.6 is 12.4 Å². The normalized spacial score (nSPS) is 21.8. The Morgan fingerprint density at radius 3 is 2.46 bits per heavy atom. The third kappa shape index (κ3) is 5.21. The number of sulfone groups is 1. The van der Waals surface area contributed by atoms with Gasteiger partial charge < -0.3 is 10.2 Å². The van der Waals surface area contributed by atoms with E-state index in [0.29, 0.717) is 13.0 Å². The van der Waals surface area contributed by atoms with E-state index in [1.54, 1.807) is 0 Å². The molecule has 1 aromatic rings. The third-order valence-electron chi connectivity index (χ3n) is 5.39. The predicted molar refractivity (Wildman–Crippen MR) is 106 cm³/mol. The number of piperazine rings is 1. The number of nitrogens with one attached hydrogen (secondary N) is 1. The number of hydrogen-bond acceptors (Lipinski definition) is 4. The standard InChI is InChI=1S/C19H28N2O3S.ClH/c1-3-15-4-6-16(7-5-15)17-13-20-10-11-21(17)18(22)12-19(8-9-19)14-25(2,23)24;/h4-7,17,20H,3,8-14H2,1-2H3;1H. The summed E-state index contributed by atoms with van der Waals surface area (Å²) in [4.78, 5) is 14.9. The molecule has 1 unspecified atom stereocenters. The first-order valence-corrected chi connectivity index (χ1v) is 11.1. The molecule has 0 spiro atoms. The van der Waals surface area contributed by atoms with Gasteiger partial charge in [0.05, 0.1) is 11.8 Å². The van der Waals surface area contributed by atoms with Gasteiger partial charge in [0.15, 0.2) is 0 Å². The lowest BCUT2D eigenvalue weighted by Crippen LogP contribution is -2.49. The van der Waals surface area contributed by atoms with Crippen LogP contribution in [0.3, 0.4) is 0 Å². The molecule has 2 aliphatic rings. The molecule has 1 saturated carbocycles. The van der Waals surface area contributed by atoms with Crippen LogP contribution < -0.4 is 5.32 Å². The maximum absolute atomic E-state index is 12.9. The van der Waals surface area contributed by atoms with Gasteiger partial charge in [-0.15, -0.1) is 12.4 Å². The van der Waals surface area contributed by atoms with E-state index in [1.807, 2.05) is 4.90 Å². The van der Waals surface area contributed by atoms with E-state index in [4.69, 9.17) is 0 Å². The first-order chi connectivity index (χ1) is 11.8. The fourth-order valence-corrected chi connectivity index (χ4v) is 5.31. The molecule has 1 aliphatic carbocycles. The third-order valence-corrected chi connectivity index (χ3v) is 6.52. The number of halogens is 1. The Labute approximate surface area is 162 Å². The molecule has 1 amide bonds. The van der Waals surface area contributed by atoms with Crippen molar-refractivity contribution < 1.29 is 13.2 Å². The first-order valence-electron chi connectivity index (χ1n) is 9.09. The molecule has 1 atom stereocenters. The molecule has 1 heterocycles. The molecule has 1 aromatic carbocycles. The second-order valence-corrected chi connectivity index (χ2v) is 9.79. The van der Waals surface area contributed by atoms with E-state index in [1.165, 1.54) is 11.8 Å². The van der Waals surface area contributed by atoms with Gasteiger partial charge in [-0.2, -0.15) is 0 Å². The monoisotopic (exact) mass is 400 g/mol. The Balaban J connectivity index is 0.00000243. The highest BCUT2D eigenvalue weighted by Crippen LogP contribution is 2.50. The topological polar surface area (TPSA) is 66.5 Å². The van der Waals surface area contributed by atoms with E-state index in [2.05, 4.69) is 36.5 Å². The van der Waals surface area contributed by atoms with Gasteiger partial charge >= 0.3 is 0 Å². The Morgan fingerprint density at radius 1 is 1.27 bits per heavy atom. The molecular formula is C19H29ClN2O3S. The smallest absolute Gasteiger partial charge is 0.223 e. The van der Waals surface area contributed by atoms with Gasteiger partial charge in [-0.25, -0.2) is 8.42 Å². The summed E-state index contributed by atoms with van der Waals surface area (Å²) >= 11 is 0. The first kappa shape index (κ1) is 21.2. The predicted octanol–water partition coefficient (Wildman–Crippen LogP) is 2.36. The van der Waals surface area contributed by atoms with Crippen molar-refractivity contribution in [2.24, 2.45) is 5.41 Å². The number of aryl methyl sites for hydroxylation is 1. The molecule has 7 heteroatoms. The van der Waals surface area contributed by atoms with Crippen LogP contribution in [-0.2, 0) is 21.1 Å². The number of carbonyl (C=O) groups is 1. The molecule has 1 N–H and O–H groups in total. The van der Waals surface area contributed by atoms with Crippen molar-refractivity contribution in [3.8, 4) is 0 Å². The van der Waals surface area contributed by atoms with Crippen molar-refractivity contribution >= 4 is 28.2 Å². The summed E-state index contributed by atoms with van der Waals surface area (Å²) in [6, 6.07) is 8.50. The second kappa shape index (κ2) is 8.28. The SMILES string of the molecule is CCc1ccc(C2CNCCN2C(=O)CC2(CS(C)(=O)=O)CC2)cc1.Cl. The van der Waals surface area contributed by atoms with Crippen LogP contribution in [0.4, 0.5) is 0 Å². The van der Waals surface area contributed by atoms with Gasteiger partial charge in [-0.1, -0.05) is 31.2 Å². The number of amides is 1. The summed E-state index contributed by atoms with van der Waals surface area (Å²) in [5.74, 6) is 0.223. The van der Waals surface area contributed by atoms with Crippen molar-refractivity contribution in [3.05, 3.63) is 35.4 Å². The van der Waals surface area contributed by atoms with E-state index < -0.39 is 9.84 Å². The van der Waals surface area contributed by atoms with Gasteiger partial charge in [0.2, 0.25) is 5.91 Å². The summed E-state index contributed by atoms with van der Waals surface area (Å²) in [5, 5.41) is 3.37. The van der Waals surface area contributed by atoms with Crippen molar-refractivity contribution in [2.45, 2.75) is 38.6 Å². The Bertz CT molecular complexity index is 730. The lowest BCUT2D eigenvalue weighted by Gasteiger charge is -2.37. The molecule has 5 nitrogen and oxygen atoms in total. The van der Waals surface area contributed by atoms with Gasteiger partial charge in [0.1, 0.15) is 9.84 Å². The summed E-state index contributed by atoms with van der Waals surface area (Å²) in [6.45, 7) is 4.34. The largest absolute Gasteiger partial charge is 0.333 e. The number of hydrogen-bond donors (Lipinski definition) is 1. The number of benzene rings is 1. The molecule has 1 aliphatic heterocycles. The highest BCUT2D eigenvalue weighted by molar-refractivity contribution is 7.90. The average molecular weight is 401 g/mol. The zero-order valence-corrected chi connectivity index (χ0v) is 17.2. The molecule has 0 aromatic heterocycles. The van der Waals surface area contributed by atoms with Crippen LogP contribution in [0.5, 0.6) is 0 Å². The fourth-order valence-electron chi connectivity index (χ4n) is 3.80. The molecular weight excluding hydrogens is 372 g/mol. The summed E-state index contributed by atoms with van der Waals surface area (Å²) in [7, 11) is -3.05. The molecule has 3 rings (SSSR count). The van der Waals surface area contributed by atoms with Gasteiger partial charge in [0, 0.05) is 32.3 Å². The summed E-state index contributed by atoms with van der Waals surface area (Å²) < 4.78 is 23.3. The number of carbonyl (C=O) groups excluding carboxylic acids is 1. The zero-order chi connectivity index (χ0) is 18.1. The minimum atomic E-state index is -3.05. The van der Waals surface area contributed by atoms with Crippen LogP contribution in [-0.4, -0.2) is 50.9 Å². The molecule has 1 saturated heterocycles. The van der Waals surface area contributed by atoms with Crippen LogP contribution in [0.2, 0.25) is 0 Å². The van der Waals surface area contributed by atoms with Crippen molar-refractivity contribution in [3.63, 3.8) is 0 Å². The van der Waals surface area contributed by atoms with Crippen molar-refractivity contribution in [1.82, 2.24) is 10.2 Å². The molecule has 0 radical (unpaired) electrons. The zero-order valence-electron chi connectivity index (χ0n) is 15.5. The van der Waals surface area contributed by atoms with Crippen LogP contribution in [0.1, 0.15) is 43.4 Å². The van der Waals surface area contributed by atoms with Gasteiger partial charge in [-0.05, 0) is 35.8 Å². The van der Waals surface area contributed by atoms with Crippen LogP contribution in [0.25, 0.3) is 0 Å². The van der Waals surface area contributed by atoms with E-state index >= 15 is 0 Å². The fraction of sp³-hybridized carbons (Fsp3) is 0.632. The van der Waals surface area contributed by atoms with Crippen LogP contribution in [0.15, 0.2) is 24.3 Å². The van der Waals surface area contributed by atoms with E-state index in [0.717, 1.165) is 37.9 Å². The Morgan fingerprint density at radius 2 is 1.92 bits per heavy atom. The molecule has 146 valence electrons. The Hall–Kier alpha value is -1.11. The maximum Gasteiger partial charge on any atom is 0.223 e. The minimum absolute atomic E-state index is 0. The maximum atomic E-state index is 12.9. The highest BCUT2D eigenvalue weighted by Gasteiger charge is 2.48. The van der Waals surface area contributed by atoms with Crippen LogP contribution in [0, 0.1) is 5.41 Å². The lowest BCUT2D eigenvalue weighted by molar-refractivity contribution is -0.135. The van der Waals surface area contributed by atoms with Gasteiger partial charge in [-0.3, -0.25) is 4.79 Å². The highest BCUT2D eigenvalue weighted by atomic mass is 35.5. The number of nitrogens with zero attached hydrogens (tertiary/aromatic N) is 1. The molecule has 2 fully saturated rings. The van der Waals surface area contributed by atoms with Gasteiger partial charge in [0.25, 0.3) is 0 Å². The van der Waals surface area contributed by atoms with Crippen molar-refractivity contribution in [2.75, 3.05) is 31.6 Å². The number of rotatable bonds is 6. The average Bonchev–Trinajstić information content (AvgIpc) is 3.31. The van der Waals surface area contributed by atoms with E-state index in [9.17, 15) is 13.2 Å². The quantitative estimate of drug-likeness (QED) is 0.796.